The van der Waals surface area contributed by atoms with Crippen molar-refractivity contribution in [2.75, 3.05) is 4.90 Å². The Morgan fingerprint density at radius 3 is 2.35 bits per heavy atom. The van der Waals surface area contributed by atoms with Gasteiger partial charge in [0.2, 0.25) is 11.8 Å². The Morgan fingerprint density at radius 1 is 0.941 bits per heavy atom. The van der Waals surface area contributed by atoms with Gasteiger partial charge in [0.25, 0.3) is 0 Å². The minimum Gasteiger partial charge on any atom is -0.353 e. The van der Waals surface area contributed by atoms with E-state index in [1.54, 1.807) is 0 Å². The number of benzene rings is 3. The third kappa shape index (κ3) is 5.71. The van der Waals surface area contributed by atoms with Crippen molar-refractivity contribution < 1.29 is 9.59 Å². The fourth-order valence-electron chi connectivity index (χ4n) is 4.21. The maximum absolute atomic E-state index is 13.6. The molecule has 1 N–H and O–H groups in total. The number of nitrogens with one attached hydrogen (secondary N) is 1. The van der Waals surface area contributed by atoms with Gasteiger partial charge in [0.05, 0.1) is 18.2 Å². The molecule has 0 unspecified atom stereocenters. The zero-order valence-electron chi connectivity index (χ0n) is 20.0. The molecule has 0 radical (unpaired) electrons. The minimum atomic E-state index is -0.457. The monoisotopic (exact) mass is 472 g/mol. The number of para-hydroxylation sites is 1. The fourth-order valence-corrected chi connectivity index (χ4v) is 5.49. The number of thioether (sulfide) groups is 1. The molecule has 1 aliphatic heterocycles. The lowest BCUT2D eigenvalue weighted by molar-refractivity contribution is -0.128. The highest BCUT2D eigenvalue weighted by molar-refractivity contribution is 8.01. The molecule has 5 heteroatoms. The smallest absolute Gasteiger partial charge is 0.241 e. The van der Waals surface area contributed by atoms with Gasteiger partial charge >= 0.3 is 0 Å². The molecule has 34 heavy (non-hydrogen) atoms. The van der Waals surface area contributed by atoms with Crippen molar-refractivity contribution in [3.05, 3.63) is 95.6 Å². The second-order valence-corrected chi connectivity index (χ2v) is 10.3. The van der Waals surface area contributed by atoms with Crippen molar-refractivity contribution in [3.8, 4) is 0 Å². The van der Waals surface area contributed by atoms with Crippen LogP contribution in [0.4, 0.5) is 5.69 Å². The molecule has 0 bridgehead atoms. The number of carbonyl (C=O) groups is 2. The molecular weight excluding hydrogens is 440 g/mol. The first-order valence-corrected chi connectivity index (χ1v) is 12.8. The van der Waals surface area contributed by atoms with Crippen LogP contribution in [0.5, 0.6) is 0 Å². The maximum Gasteiger partial charge on any atom is 0.241 e. The third-order valence-corrected chi connectivity index (χ3v) is 7.81. The number of rotatable bonds is 8. The van der Waals surface area contributed by atoms with Crippen molar-refractivity contribution in [1.82, 2.24) is 5.32 Å². The number of anilines is 1. The number of amides is 2. The summed E-state index contributed by atoms with van der Waals surface area (Å²) < 4.78 is 0. The van der Waals surface area contributed by atoms with Crippen molar-refractivity contribution >= 4 is 29.3 Å². The van der Waals surface area contributed by atoms with Gasteiger partial charge in [-0.05, 0) is 49.9 Å². The molecule has 3 aromatic carbocycles. The number of hydrogen-bond acceptors (Lipinski definition) is 3. The molecule has 0 saturated carbocycles. The van der Waals surface area contributed by atoms with Gasteiger partial charge in [-0.1, -0.05) is 79.2 Å². The van der Waals surface area contributed by atoms with Gasteiger partial charge < -0.3 is 10.2 Å². The van der Waals surface area contributed by atoms with Crippen LogP contribution < -0.4 is 10.2 Å². The SMILES string of the molecule is Cc1ccc(CN2C(=O)[C@H]([C@@H](C)C(=O)N[C@H](C)CCc3ccccc3)Sc3ccccc32)cc1. The molecule has 4 nitrogen and oxygen atoms in total. The van der Waals surface area contributed by atoms with Crippen LogP contribution in [0.1, 0.15) is 37.0 Å². The van der Waals surface area contributed by atoms with Gasteiger partial charge in [0, 0.05) is 10.9 Å². The van der Waals surface area contributed by atoms with Crippen LogP contribution in [0, 0.1) is 12.8 Å². The van der Waals surface area contributed by atoms with Crippen LogP contribution in [-0.4, -0.2) is 23.1 Å². The minimum absolute atomic E-state index is 0.0103. The molecule has 0 aromatic heterocycles. The van der Waals surface area contributed by atoms with E-state index >= 15 is 0 Å². The van der Waals surface area contributed by atoms with E-state index in [0.29, 0.717) is 6.54 Å². The fraction of sp³-hybridized carbons (Fsp3) is 0.310. The van der Waals surface area contributed by atoms with Crippen LogP contribution in [0.3, 0.4) is 0 Å². The number of nitrogens with zero attached hydrogens (tertiary/aromatic N) is 1. The normalized spacial score (nSPS) is 17.1. The van der Waals surface area contributed by atoms with E-state index in [2.05, 4.69) is 48.6 Å². The lowest BCUT2D eigenvalue weighted by Gasteiger charge is -2.36. The quantitative estimate of drug-likeness (QED) is 0.452. The highest BCUT2D eigenvalue weighted by atomic mass is 32.2. The summed E-state index contributed by atoms with van der Waals surface area (Å²) in [4.78, 5) is 29.6. The first kappa shape index (κ1) is 24.1. The Labute approximate surface area is 206 Å². The standard InChI is InChI=1S/C29H32N2O2S/c1-20-13-16-24(17-14-20)19-31-25-11-7-8-12-26(25)34-27(29(31)33)22(3)28(32)30-21(2)15-18-23-9-5-4-6-10-23/h4-14,16-17,21-22,27H,15,18-19H2,1-3H3,(H,30,32)/t21-,22-,27+/m1/s1. The molecule has 0 spiro atoms. The molecule has 4 rings (SSSR count). The average molecular weight is 473 g/mol. The van der Waals surface area contributed by atoms with Gasteiger partial charge in [-0.2, -0.15) is 0 Å². The summed E-state index contributed by atoms with van der Waals surface area (Å²) in [5.41, 5.74) is 4.44. The average Bonchev–Trinajstić information content (AvgIpc) is 2.85. The van der Waals surface area contributed by atoms with Crippen LogP contribution in [0.15, 0.2) is 83.8 Å². The Morgan fingerprint density at radius 2 is 1.62 bits per heavy atom. The van der Waals surface area contributed by atoms with E-state index in [9.17, 15) is 9.59 Å². The Kier molecular flexibility index (Phi) is 7.73. The number of aryl methyl sites for hydroxylation is 2. The maximum atomic E-state index is 13.6. The molecule has 0 fully saturated rings. The van der Waals surface area contributed by atoms with Crippen molar-refractivity contribution in [2.24, 2.45) is 5.92 Å². The van der Waals surface area contributed by atoms with Crippen LogP contribution in [-0.2, 0) is 22.6 Å². The first-order chi connectivity index (χ1) is 16.4. The molecule has 3 atom stereocenters. The molecule has 1 heterocycles. The molecule has 3 aromatic rings. The number of hydrogen-bond donors (Lipinski definition) is 1. The van der Waals surface area contributed by atoms with E-state index in [0.717, 1.165) is 29.0 Å². The lowest BCUT2D eigenvalue weighted by atomic mass is 10.0. The van der Waals surface area contributed by atoms with Crippen molar-refractivity contribution in [1.29, 1.82) is 0 Å². The molecule has 176 valence electrons. The van der Waals surface area contributed by atoms with E-state index < -0.39 is 11.2 Å². The molecular formula is C29H32N2O2S. The Bertz CT molecular complexity index is 1130. The van der Waals surface area contributed by atoms with Gasteiger partial charge in [0.15, 0.2) is 0 Å². The lowest BCUT2D eigenvalue weighted by Crippen LogP contribution is -2.48. The van der Waals surface area contributed by atoms with Crippen molar-refractivity contribution in [2.45, 2.75) is 56.3 Å². The second kappa shape index (κ2) is 10.9. The molecule has 0 saturated heterocycles. The third-order valence-electron chi connectivity index (χ3n) is 6.35. The molecule has 1 aliphatic rings. The van der Waals surface area contributed by atoms with Crippen LogP contribution >= 0.6 is 11.8 Å². The van der Waals surface area contributed by atoms with Gasteiger partial charge in [0.1, 0.15) is 5.25 Å². The predicted octanol–water partition coefficient (Wildman–Crippen LogP) is 5.78. The molecule has 2 amide bonds. The highest BCUT2D eigenvalue weighted by Gasteiger charge is 2.39. The topological polar surface area (TPSA) is 49.4 Å². The zero-order valence-corrected chi connectivity index (χ0v) is 20.8. The predicted molar refractivity (Wildman–Crippen MR) is 140 cm³/mol. The van der Waals surface area contributed by atoms with Crippen LogP contribution in [0.2, 0.25) is 0 Å². The first-order valence-electron chi connectivity index (χ1n) is 11.9. The molecule has 0 aliphatic carbocycles. The van der Waals surface area contributed by atoms with Crippen LogP contribution in [0.25, 0.3) is 0 Å². The summed E-state index contributed by atoms with van der Waals surface area (Å²) in [7, 11) is 0. The number of fused-ring (bicyclic) bond motifs is 1. The summed E-state index contributed by atoms with van der Waals surface area (Å²) in [6.07, 6.45) is 1.77. The van der Waals surface area contributed by atoms with E-state index in [1.165, 1.54) is 22.9 Å². The van der Waals surface area contributed by atoms with Gasteiger partial charge in [-0.15, -0.1) is 11.8 Å². The summed E-state index contributed by atoms with van der Waals surface area (Å²) in [6, 6.07) is 26.5. The van der Waals surface area contributed by atoms with E-state index in [4.69, 9.17) is 0 Å². The summed E-state index contributed by atoms with van der Waals surface area (Å²) in [6.45, 7) is 6.45. The van der Waals surface area contributed by atoms with Gasteiger partial charge in [-0.3, -0.25) is 9.59 Å². The second-order valence-electron chi connectivity index (χ2n) is 9.14. The highest BCUT2D eigenvalue weighted by Crippen LogP contribution is 2.42. The Hall–Kier alpha value is -3.05. The largest absolute Gasteiger partial charge is 0.353 e. The van der Waals surface area contributed by atoms with Gasteiger partial charge in [-0.25, -0.2) is 0 Å². The van der Waals surface area contributed by atoms with E-state index in [-0.39, 0.29) is 17.9 Å². The Balaban J connectivity index is 1.45. The van der Waals surface area contributed by atoms with Crippen molar-refractivity contribution in [3.63, 3.8) is 0 Å². The summed E-state index contributed by atoms with van der Waals surface area (Å²) in [5, 5.41) is 2.68. The number of carbonyl (C=O) groups excluding carboxylic acids is 2. The summed E-state index contributed by atoms with van der Waals surface area (Å²) in [5.74, 6) is -0.518. The van der Waals surface area contributed by atoms with E-state index in [1.807, 2.05) is 61.2 Å². The zero-order chi connectivity index (χ0) is 24.1. The summed E-state index contributed by atoms with van der Waals surface area (Å²) >= 11 is 1.50.